The molecule has 262 valence electrons. The smallest absolute Gasteiger partial charge is 0.337 e. The number of ether oxygens (including phenoxy) is 1. The highest BCUT2D eigenvalue weighted by atomic mass is 19.3. The molecule has 12 nitrogen and oxygen atoms in total. The zero-order valence-corrected chi connectivity index (χ0v) is 24.5. The Bertz CT molecular complexity index is 1630. The Kier molecular flexibility index (Phi) is 16.7. The number of nitrogens with zero attached hydrogens (tertiary/aromatic N) is 2. The Balaban J connectivity index is 0.000000370. The number of aromatic amines is 2. The quantitative estimate of drug-likeness (QED) is 0.118. The molecule has 3 N–H and O–H groups in total. The summed E-state index contributed by atoms with van der Waals surface area (Å²) in [6.45, 7) is 0. The van der Waals surface area contributed by atoms with Gasteiger partial charge in [0.1, 0.15) is 17.6 Å². The van der Waals surface area contributed by atoms with Gasteiger partial charge in [0.15, 0.2) is 11.6 Å². The van der Waals surface area contributed by atoms with E-state index in [9.17, 15) is 41.5 Å². The van der Waals surface area contributed by atoms with E-state index in [2.05, 4.69) is 14.7 Å². The second kappa shape index (κ2) is 19.3. The second-order valence-corrected chi connectivity index (χ2v) is 10.8. The van der Waals surface area contributed by atoms with Crippen LogP contribution in [0.5, 0.6) is 5.88 Å². The summed E-state index contributed by atoms with van der Waals surface area (Å²) in [5.41, 5.74) is -1.98. The summed E-state index contributed by atoms with van der Waals surface area (Å²) in [5.74, 6) is -1.11. The van der Waals surface area contributed by atoms with Crippen LogP contribution in [0.25, 0.3) is 11.1 Å². The maximum Gasteiger partial charge on any atom is 0.337 e. The van der Waals surface area contributed by atoms with Crippen molar-refractivity contribution in [1.29, 1.82) is 0 Å². The number of carbonyl (C=O) groups excluding carboxylic acids is 2. The number of hydrogen-bond donors (Lipinski definition) is 3. The number of aryl methyl sites for hydroxylation is 1. The van der Waals surface area contributed by atoms with Gasteiger partial charge in [0.2, 0.25) is 11.6 Å². The Morgan fingerprint density at radius 2 is 1.51 bits per heavy atom. The molecule has 0 aromatic carbocycles. The van der Waals surface area contributed by atoms with Crippen molar-refractivity contribution in [2.75, 3.05) is 7.11 Å². The molecule has 0 bridgehead atoms. The summed E-state index contributed by atoms with van der Waals surface area (Å²) in [6, 6.07) is 1.96. The maximum absolute atomic E-state index is 12.6. The summed E-state index contributed by atoms with van der Waals surface area (Å²) in [5, 5.41) is 8.67. The van der Waals surface area contributed by atoms with Crippen molar-refractivity contribution in [2.24, 2.45) is 11.8 Å². The normalized spacial score (nSPS) is 13.4. The van der Waals surface area contributed by atoms with Crippen LogP contribution in [0.15, 0.2) is 30.9 Å². The number of methoxy groups -OCH3 is 1. The van der Waals surface area contributed by atoms with Crippen molar-refractivity contribution in [1.82, 2.24) is 19.9 Å². The molecule has 5 rings (SSSR count). The third-order valence-corrected chi connectivity index (χ3v) is 6.96. The Morgan fingerprint density at radius 1 is 0.936 bits per heavy atom. The monoisotopic (exact) mass is 674 g/mol. The number of halogens is 4. The van der Waals surface area contributed by atoms with Gasteiger partial charge < -0.3 is 24.2 Å². The van der Waals surface area contributed by atoms with Crippen LogP contribution in [0.3, 0.4) is 0 Å². The summed E-state index contributed by atoms with van der Waals surface area (Å²) in [4.78, 5) is 66.0. The van der Waals surface area contributed by atoms with E-state index in [4.69, 9.17) is 9.52 Å². The van der Waals surface area contributed by atoms with Crippen LogP contribution in [0.2, 0.25) is 0 Å². The molecule has 0 aliphatic heterocycles. The number of Topliss-reactive ketones (excluding diaryl/α,β-unsaturated/α-hetero) is 1. The van der Waals surface area contributed by atoms with Crippen molar-refractivity contribution < 1.29 is 41.4 Å². The molecular weight excluding hydrogens is 632 g/mol. The minimum Gasteiger partial charge on any atom is -0.493 e. The van der Waals surface area contributed by atoms with E-state index in [-0.39, 0.29) is 38.2 Å². The van der Waals surface area contributed by atoms with E-state index in [1.807, 2.05) is 4.98 Å². The first kappa shape index (κ1) is 40.7. The van der Waals surface area contributed by atoms with Gasteiger partial charge in [0, 0.05) is 12.5 Å². The Hall–Kier alpha value is -4.37. The molecule has 47 heavy (non-hydrogen) atoms. The lowest BCUT2D eigenvalue weighted by Gasteiger charge is -2.05. The number of rotatable bonds is 12. The topological polar surface area (TPSA) is 185 Å². The van der Waals surface area contributed by atoms with Crippen LogP contribution >= 0.6 is 0 Å². The zero-order chi connectivity index (χ0) is 33.1. The van der Waals surface area contributed by atoms with Crippen LogP contribution in [0.4, 0.5) is 17.6 Å². The van der Waals surface area contributed by atoms with E-state index >= 15 is 0 Å². The highest BCUT2D eigenvalue weighted by Crippen LogP contribution is 2.34. The molecule has 2 aliphatic carbocycles. The summed E-state index contributed by atoms with van der Waals surface area (Å²) < 4.78 is 58.0. The lowest BCUT2D eigenvalue weighted by Crippen LogP contribution is -2.16. The van der Waals surface area contributed by atoms with Crippen LogP contribution in [-0.2, 0) is 20.7 Å². The summed E-state index contributed by atoms with van der Waals surface area (Å²) in [7, 11) is 1.31. The molecule has 3 aromatic rings. The first-order valence-electron chi connectivity index (χ1n) is 14.4. The molecule has 2 fully saturated rings. The predicted octanol–water partition coefficient (Wildman–Crippen LogP) is 5.93. The van der Waals surface area contributed by atoms with Crippen LogP contribution in [0.1, 0.15) is 109 Å². The van der Waals surface area contributed by atoms with Gasteiger partial charge in [-0.05, 0) is 36.7 Å². The second-order valence-electron chi connectivity index (χ2n) is 10.8. The first-order valence-corrected chi connectivity index (χ1v) is 14.4. The van der Waals surface area contributed by atoms with E-state index in [1.165, 1.54) is 38.9 Å². The Morgan fingerprint density at radius 3 is 2.04 bits per heavy atom. The number of esters is 1. The molecule has 0 saturated heterocycles. The first-order chi connectivity index (χ1) is 21.4. The number of carbonyl (C=O) groups is 2. The number of nitrogens with one attached hydrogen (secondary N) is 2. The SMILES string of the molecule is C.C.COC(=O)CC(=O)CCCC1CC1.O=c1cc(CCCC2CC2)c2c(=O)[nH]c(C(F)F)nc2o1.O=c1cc(O)nc(C(F)F)[nH]1. The molecular formula is C31H42F4N4O8. The summed E-state index contributed by atoms with van der Waals surface area (Å²) >= 11 is 0. The molecule has 0 amide bonds. The molecule has 3 aromatic heterocycles. The van der Waals surface area contributed by atoms with Crippen molar-refractivity contribution in [2.45, 2.75) is 98.3 Å². The third-order valence-electron chi connectivity index (χ3n) is 6.96. The lowest BCUT2D eigenvalue weighted by molar-refractivity contribution is -0.143. The molecule has 2 saturated carbocycles. The largest absolute Gasteiger partial charge is 0.493 e. The van der Waals surface area contributed by atoms with E-state index in [0.29, 0.717) is 24.5 Å². The Labute approximate surface area is 268 Å². The maximum atomic E-state index is 12.6. The van der Waals surface area contributed by atoms with Gasteiger partial charge in [-0.1, -0.05) is 53.4 Å². The minimum absolute atomic E-state index is 0. The highest BCUT2D eigenvalue weighted by Gasteiger charge is 2.22. The fraction of sp³-hybridized carbons (Fsp3) is 0.581. The number of ketones is 1. The number of aromatic hydroxyl groups is 1. The zero-order valence-electron chi connectivity index (χ0n) is 24.5. The van der Waals surface area contributed by atoms with Crippen molar-refractivity contribution in [3.05, 3.63) is 60.5 Å². The van der Waals surface area contributed by atoms with Crippen LogP contribution in [-0.4, -0.2) is 43.9 Å². The van der Waals surface area contributed by atoms with Gasteiger partial charge >= 0.3 is 11.6 Å². The third kappa shape index (κ3) is 14.3. The number of hydrogen-bond acceptors (Lipinski definition) is 10. The van der Waals surface area contributed by atoms with Gasteiger partial charge in [0.05, 0.1) is 13.2 Å². The van der Waals surface area contributed by atoms with Crippen LogP contribution in [0, 0.1) is 11.8 Å². The fourth-order valence-corrected chi connectivity index (χ4v) is 4.34. The van der Waals surface area contributed by atoms with E-state index < -0.39 is 53.1 Å². The standard InChI is InChI=1S/C14H14F2N2O3.C10H16O3.C5H4F2N2O2.2CH4/c15-11(16)12-17-13(20)10-8(3-1-2-7-4-5-7)6-9(19)21-14(10)18-12;1-13-10(12)7-9(11)4-2-3-8-5-6-8;6-4(7)5-8-2(10)1-3(11)9-5;;/h6-7,11H,1-5H2,(H,17,18,20);8H,2-7H2,1H3;1,4H,(H2,8,9,10,11);2*1H4. The van der Waals surface area contributed by atoms with Gasteiger partial charge in [-0.25, -0.2) is 22.4 Å². The molecule has 0 radical (unpaired) electrons. The lowest BCUT2D eigenvalue weighted by atomic mass is 10.1. The average Bonchev–Trinajstić information content (AvgIpc) is 3.89. The number of aromatic nitrogens is 4. The molecule has 0 atom stereocenters. The van der Waals surface area contributed by atoms with Gasteiger partial charge in [-0.3, -0.25) is 19.2 Å². The van der Waals surface area contributed by atoms with Gasteiger partial charge in [-0.2, -0.15) is 9.97 Å². The van der Waals surface area contributed by atoms with E-state index in [1.54, 1.807) is 4.98 Å². The minimum atomic E-state index is -2.93. The van der Waals surface area contributed by atoms with Gasteiger partial charge in [-0.15, -0.1) is 0 Å². The van der Waals surface area contributed by atoms with Crippen molar-refractivity contribution in [3.63, 3.8) is 0 Å². The van der Waals surface area contributed by atoms with Gasteiger partial charge in [0.25, 0.3) is 24.0 Å². The fourth-order valence-electron chi connectivity index (χ4n) is 4.34. The molecule has 0 unspecified atom stereocenters. The molecule has 2 aliphatic rings. The molecule has 16 heteroatoms. The van der Waals surface area contributed by atoms with E-state index in [0.717, 1.165) is 37.5 Å². The molecule has 3 heterocycles. The highest BCUT2D eigenvalue weighted by molar-refractivity contribution is 5.95. The average molecular weight is 675 g/mol. The number of alkyl halides is 4. The molecule has 0 spiro atoms. The summed E-state index contributed by atoms with van der Waals surface area (Å²) in [6.07, 6.45) is 4.30. The number of H-pyrrole nitrogens is 2. The van der Waals surface area contributed by atoms with Crippen LogP contribution < -0.4 is 16.7 Å². The van der Waals surface area contributed by atoms with Crippen molar-refractivity contribution >= 4 is 22.9 Å². The number of fused-ring (bicyclic) bond motifs is 1. The van der Waals surface area contributed by atoms with Crippen molar-refractivity contribution in [3.8, 4) is 5.88 Å². The predicted molar refractivity (Wildman–Crippen MR) is 165 cm³/mol.